The molecule has 0 spiro atoms. The zero-order chi connectivity index (χ0) is 11.7. The Kier molecular flexibility index (Phi) is 3.91. The smallest absolute Gasteiger partial charge is 0.0565 e. The first kappa shape index (κ1) is 12.4. The van der Waals surface area contributed by atoms with Crippen molar-refractivity contribution in [2.75, 3.05) is 0 Å². The predicted molar refractivity (Wildman–Crippen MR) is 67.5 cm³/mol. The van der Waals surface area contributed by atoms with Gasteiger partial charge in [0, 0.05) is 12.1 Å². The van der Waals surface area contributed by atoms with Crippen molar-refractivity contribution in [3.63, 3.8) is 0 Å². The van der Waals surface area contributed by atoms with E-state index in [0.717, 1.165) is 17.9 Å². The van der Waals surface area contributed by atoms with E-state index in [4.69, 9.17) is 4.74 Å². The normalized spacial score (nSPS) is 49.5. The fraction of sp³-hybridized carbons (Fsp3) is 1.00. The molecule has 2 nitrogen and oxygen atoms in total. The molecule has 1 aliphatic carbocycles. The molecule has 2 heteroatoms. The molecular weight excluding hydrogens is 198 g/mol. The SMILES string of the molecule is CC1CC(NC2CCC(C)C2C)CC(C)O1. The molecule has 0 radical (unpaired) electrons. The Morgan fingerprint density at radius 3 is 2.06 bits per heavy atom. The van der Waals surface area contributed by atoms with Crippen LogP contribution in [-0.2, 0) is 4.74 Å². The topological polar surface area (TPSA) is 21.3 Å². The molecule has 0 aromatic carbocycles. The van der Waals surface area contributed by atoms with Gasteiger partial charge in [-0.25, -0.2) is 0 Å². The van der Waals surface area contributed by atoms with Gasteiger partial charge in [-0.3, -0.25) is 0 Å². The number of nitrogens with one attached hydrogen (secondary N) is 1. The van der Waals surface area contributed by atoms with Crippen LogP contribution in [-0.4, -0.2) is 24.3 Å². The maximum Gasteiger partial charge on any atom is 0.0565 e. The van der Waals surface area contributed by atoms with Crippen LogP contribution in [0.3, 0.4) is 0 Å². The highest BCUT2D eigenvalue weighted by Crippen LogP contribution is 2.32. The zero-order valence-corrected chi connectivity index (χ0v) is 11.2. The molecule has 1 aliphatic heterocycles. The fourth-order valence-electron chi connectivity index (χ4n) is 3.44. The third-order valence-electron chi connectivity index (χ3n) is 4.61. The lowest BCUT2D eigenvalue weighted by Crippen LogP contribution is -2.46. The summed E-state index contributed by atoms with van der Waals surface area (Å²) in [5, 5.41) is 3.88. The molecule has 2 aliphatic rings. The summed E-state index contributed by atoms with van der Waals surface area (Å²) in [4.78, 5) is 0. The number of hydrogen-bond acceptors (Lipinski definition) is 2. The maximum absolute atomic E-state index is 5.79. The van der Waals surface area contributed by atoms with Crippen LogP contribution < -0.4 is 5.32 Å². The molecule has 1 N–H and O–H groups in total. The highest BCUT2D eigenvalue weighted by Gasteiger charge is 2.33. The van der Waals surface area contributed by atoms with E-state index in [1.165, 1.54) is 25.7 Å². The number of ether oxygens (including phenoxy) is 1. The number of rotatable bonds is 2. The monoisotopic (exact) mass is 225 g/mol. The molecule has 1 saturated carbocycles. The van der Waals surface area contributed by atoms with Gasteiger partial charge in [0.15, 0.2) is 0 Å². The molecule has 5 atom stereocenters. The van der Waals surface area contributed by atoms with E-state index in [2.05, 4.69) is 33.0 Å². The van der Waals surface area contributed by atoms with Crippen molar-refractivity contribution in [2.45, 2.75) is 77.7 Å². The summed E-state index contributed by atoms with van der Waals surface area (Å²) in [6.45, 7) is 9.19. The molecule has 0 amide bonds. The second-order valence-electron chi connectivity index (χ2n) is 6.11. The largest absolute Gasteiger partial charge is 0.375 e. The minimum absolute atomic E-state index is 0.426. The van der Waals surface area contributed by atoms with Crippen LogP contribution in [0.4, 0.5) is 0 Å². The highest BCUT2D eigenvalue weighted by atomic mass is 16.5. The summed E-state index contributed by atoms with van der Waals surface area (Å²) in [7, 11) is 0. The van der Waals surface area contributed by atoms with E-state index < -0.39 is 0 Å². The van der Waals surface area contributed by atoms with Crippen molar-refractivity contribution in [3.05, 3.63) is 0 Å². The molecule has 16 heavy (non-hydrogen) atoms. The molecule has 0 aromatic heterocycles. The lowest BCUT2D eigenvalue weighted by molar-refractivity contribution is -0.0441. The van der Waals surface area contributed by atoms with Gasteiger partial charge in [-0.2, -0.15) is 0 Å². The van der Waals surface area contributed by atoms with Gasteiger partial charge in [0.2, 0.25) is 0 Å². The molecule has 0 aromatic rings. The first-order valence-electron chi connectivity index (χ1n) is 6.97. The van der Waals surface area contributed by atoms with Gasteiger partial charge in [0.25, 0.3) is 0 Å². The third-order valence-corrected chi connectivity index (χ3v) is 4.61. The lowest BCUT2D eigenvalue weighted by atomic mass is 9.94. The third kappa shape index (κ3) is 2.78. The first-order valence-corrected chi connectivity index (χ1v) is 6.97. The molecule has 0 bridgehead atoms. The minimum atomic E-state index is 0.426. The second-order valence-corrected chi connectivity index (χ2v) is 6.11. The Labute approximate surface area is 100 Å². The Balaban J connectivity index is 1.85. The van der Waals surface area contributed by atoms with Crippen LogP contribution >= 0.6 is 0 Å². The van der Waals surface area contributed by atoms with Gasteiger partial charge in [-0.1, -0.05) is 13.8 Å². The van der Waals surface area contributed by atoms with Crippen molar-refractivity contribution in [1.82, 2.24) is 5.32 Å². The van der Waals surface area contributed by atoms with Gasteiger partial charge in [-0.15, -0.1) is 0 Å². The second kappa shape index (κ2) is 5.05. The van der Waals surface area contributed by atoms with E-state index >= 15 is 0 Å². The summed E-state index contributed by atoms with van der Waals surface area (Å²) in [6.07, 6.45) is 5.98. The molecule has 2 fully saturated rings. The zero-order valence-electron chi connectivity index (χ0n) is 11.2. The van der Waals surface area contributed by atoms with Crippen molar-refractivity contribution in [2.24, 2.45) is 11.8 Å². The van der Waals surface area contributed by atoms with Crippen LogP contribution in [0, 0.1) is 11.8 Å². The minimum Gasteiger partial charge on any atom is -0.375 e. The molecule has 5 unspecified atom stereocenters. The molecular formula is C14H27NO. The molecule has 2 rings (SSSR count). The summed E-state index contributed by atoms with van der Waals surface area (Å²) in [5.74, 6) is 1.74. The van der Waals surface area contributed by atoms with Gasteiger partial charge in [0.1, 0.15) is 0 Å². The van der Waals surface area contributed by atoms with Crippen LogP contribution in [0.1, 0.15) is 53.4 Å². The lowest BCUT2D eigenvalue weighted by Gasteiger charge is -2.35. The van der Waals surface area contributed by atoms with Crippen molar-refractivity contribution in [1.29, 1.82) is 0 Å². The molecule has 1 heterocycles. The fourth-order valence-corrected chi connectivity index (χ4v) is 3.44. The van der Waals surface area contributed by atoms with Gasteiger partial charge in [0.05, 0.1) is 12.2 Å². The summed E-state index contributed by atoms with van der Waals surface area (Å²) in [6, 6.07) is 1.42. The average molecular weight is 225 g/mol. The molecule has 94 valence electrons. The van der Waals surface area contributed by atoms with E-state index in [9.17, 15) is 0 Å². The van der Waals surface area contributed by atoms with E-state index in [-0.39, 0.29) is 0 Å². The van der Waals surface area contributed by atoms with Gasteiger partial charge < -0.3 is 10.1 Å². The van der Waals surface area contributed by atoms with Crippen LogP contribution in [0.2, 0.25) is 0 Å². The molecule has 1 saturated heterocycles. The average Bonchev–Trinajstić information content (AvgIpc) is 2.48. The summed E-state index contributed by atoms with van der Waals surface area (Å²) in [5.41, 5.74) is 0. The van der Waals surface area contributed by atoms with Crippen LogP contribution in [0.15, 0.2) is 0 Å². The van der Waals surface area contributed by atoms with E-state index in [1.54, 1.807) is 0 Å². The van der Waals surface area contributed by atoms with Gasteiger partial charge in [-0.05, 0) is 51.4 Å². The standard InChI is InChI=1S/C14H27NO/c1-9-5-6-14(12(9)4)15-13-7-10(2)16-11(3)8-13/h9-15H,5-8H2,1-4H3. The summed E-state index contributed by atoms with van der Waals surface area (Å²) < 4.78 is 5.79. The van der Waals surface area contributed by atoms with E-state index in [0.29, 0.717) is 18.2 Å². The highest BCUT2D eigenvalue weighted by molar-refractivity contribution is 4.89. The quantitative estimate of drug-likeness (QED) is 0.780. The van der Waals surface area contributed by atoms with Crippen molar-refractivity contribution >= 4 is 0 Å². The van der Waals surface area contributed by atoms with Crippen LogP contribution in [0.5, 0.6) is 0 Å². The van der Waals surface area contributed by atoms with Crippen LogP contribution in [0.25, 0.3) is 0 Å². The Morgan fingerprint density at radius 1 is 0.938 bits per heavy atom. The maximum atomic E-state index is 5.79. The Morgan fingerprint density at radius 2 is 1.56 bits per heavy atom. The van der Waals surface area contributed by atoms with Gasteiger partial charge >= 0.3 is 0 Å². The first-order chi connectivity index (χ1) is 7.56. The summed E-state index contributed by atoms with van der Waals surface area (Å²) >= 11 is 0. The number of hydrogen-bond donors (Lipinski definition) is 1. The Bertz CT molecular complexity index is 221. The van der Waals surface area contributed by atoms with Crippen molar-refractivity contribution in [3.8, 4) is 0 Å². The van der Waals surface area contributed by atoms with E-state index in [1.807, 2.05) is 0 Å². The van der Waals surface area contributed by atoms with Crippen molar-refractivity contribution < 1.29 is 4.74 Å². The Hall–Kier alpha value is -0.0800. The predicted octanol–water partition coefficient (Wildman–Crippen LogP) is 2.97.